The first-order valence-corrected chi connectivity index (χ1v) is 4.52. The highest BCUT2D eigenvalue weighted by molar-refractivity contribution is 5.86. The Labute approximate surface area is 77.3 Å². The van der Waals surface area contributed by atoms with Crippen molar-refractivity contribution in [1.29, 1.82) is 0 Å². The molecular formula is C10H13NO2. The maximum absolute atomic E-state index is 11.4. The summed E-state index contributed by atoms with van der Waals surface area (Å²) in [5, 5.41) is 0. The molecule has 1 aromatic heterocycles. The summed E-state index contributed by atoms with van der Waals surface area (Å²) in [6.45, 7) is 0.879. The van der Waals surface area contributed by atoms with E-state index < -0.39 is 0 Å². The first kappa shape index (κ1) is 8.51. The SMILES string of the molecule is CN1CCC(=O)C1Cc1ccco1. The average Bonchev–Trinajstić information content (AvgIpc) is 2.70. The molecule has 1 unspecified atom stereocenters. The molecule has 1 fully saturated rings. The topological polar surface area (TPSA) is 33.5 Å². The van der Waals surface area contributed by atoms with Crippen molar-refractivity contribution in [1.82, 2.24) is 4.90 Å². The Balaban J connectivity index is 2.05. The first-order chi connectivity index (χ1) is 6.27. The van der Waals surface area contributed by atoms with E-state index in [4.69, 9.17) is 4.42 Å². The second-order valence-corrected chi connectivity index (χ2v) is 3.50. The van der Waals surface area contributed by atoms with Crippen molar-refractivity contribution in [3.05, 3.63) is 24.2 Å². The van der Waals surface area contributed by atoms with Crippen molar-refractivity contribution < 1.29 is 9.21 Å². The van der Waals surface area contributed by atoms with Crippen LogP contribution in [0.1, 0.15) is 12.2 Å². The van der Waals surface area contributed by atoms with Gasteiger partial charge < -0.3 is 4.42 Å². The predicted molar refractivity (Wildman–Crippen MR) is 48.5 cm³/mol. The van der Waals surface area contributed by atoms with E-state index in [-0.39, 0.29) is 6.04 Å². The molecule has 0 saturated carbocycles. The monoisotopic (exact) mass is 179 g/mol. The fourth-order valence-electron chi connectivity index (χ4n) is 1.74. The van der Waals surface area contributed by atoms with Crippen molar-refractivity contribution in [3.8, 4) is 0 Å². The lowest BCUT2D eigenvalue weighted by atomic mass is 10.1. The molecule has 1 saturated heterocycles. The molecule has 0 aromatic carbocycles. The number of rotatable bonds is 2. The molecule has 0 aliphatic carbocycles. The number of carbonyl (C=O) groups excluding carboxylic acids is 1. The lowest BCUT2D eigenvalue weighted by molar-refractivity contribution is -0.119. The molecule has 1 aliphatic rings. The molecule has 3 nitrogen and oxygen atoms in total. The van der Waals surface area contributed by atoms with Gasteiger partial charge in [-0.3, -0.25) is 9.69 Å². The summed E-state index contributed by atoms with van der Waals surface area (Å²) in [7, 11) is 1.98. The number of likely N-dealkylation sites (tertiary alicyclic amines) is 1. The third-order valence-corrected chi connectivity index (χ3v) is 2.59. The highest BCUT2D eigenvalue weighted by Gasteiger charge is 2.29. The second-order valence-electron chi connectivity index (χ2n) is 3.50. The van der Waals surface area contributed by atoms with Crippen LogP contribution in [0, 0.1) is 0 Å². The van der Waals surface area contributed by atoms with Crippen LogP contribution in [0.25, 0.3) is 0 Å². The van der Waals surface area contributed by atoms with E-state index in [0.29, 0.717) is 18.6 Å². The molecule has 2 rings (SSSR count). The number of carbonyl (C=O) groups is 1. The van der Waals surface area contributed by atoms with Gasteiger partial charge in [0.1, 0.15) is 5.76 Å². The maximum Gasteiger partial charge on any atom is 0.151 e. The highest BCUT2D eigenvalue weighted by atomic mass is 16.3. The summed E-state index contributed by atoms with van der Waals surface area (Å²) >= 11 is 0. The molecule has 1 aliphatic heterocycles. The normalized spacial score (nSPS) is 24.1. The first-order valence-electron chi connectivity index (χ1n) is 4.52. The number of Topliss-reactive ketones (excluding diaryl/α,β-unsaturated/α-hetero) is 1. The maximum atomic E-state index is 11.4. The predicted octanol–water partition coefficient (Wildman–Crippen LogP) is 1.10. The van der Waals surface area contributed by atoms with E-state index in [9.17, 15) is 4.79 Å². The minimum Gasteiger partial charge on any atom is -0.469 e. The highest BCUT2D eigenvalue weighted by Crippen LogP contribution is 2.16. The Morgan fingerprint density at radius 3 is 3.08 bits per heavy atom. The van der Waals surface area contributed by atoms with Crippen LogP contribution in [-0.2, 0) is 11.2 Å². The lowest BCUT2D eigenvalue weighted by Gasteiger charge is -2.16. The van der Waals surface area contributed by atoms with Crippen molar-refractivity contribution in [3.63, 3.8) is 0 Å². The fourth-order valence-corrected chi connectivity index (χ4v) is 1.74. The van der Waals surface area contributed by atoms with E-state index in [1.165, 1.54) is 0 Å². The third kappa shape index (κ3) is 1.65. The van der Waals surface area contributed by atoms with Crippen LogP contribution in [0.4, 0.5) is 0 Å². The van der Waals surface area contributed by atoms with Gasteiger partial charge in [0.25, 0.3) is 0 Å². The van der Waals surface area contributed by atoms with Crippen molar-refractivity contribution in [2.45, 2.75) is 18.9 Å². The summed E-state index contributed by atoms with van der Waals surface area (Å²) in [4.78, 5) is 13.5. The van der Waals surface area contributed by atoms with Crippen LogP contribution >= 0.6 is 0 Å². The lowest BCUT2D eigenvalue weighted by Crippen LogP contribution is -2.31. The summed E-state index contributed by atoms with van der Waals surface area (Å²) in [5.41, 5.74) is 0. The Morgan fingerprint density at radius 1 is 1.69 bits per heavy atom. The van der Waals surface area contributed by atoms with Crippen LogP contribution in [-0.4, -0.2) is 30.3 Å². The van der Waals surface area contributed by atoms with Gasteiger partial charge >= 0.3 is 0 Å². The summed E-state index contributed by atoms with van der Waals surface area (Å²) < 4.78 is 5.21. The minimum atomic E-state index is 0.0335. The van der Waals surface area contributed by atoms with Gasteiger partial charge in [-0.2, -0.15) is 0 Å². The zero-order chi connectivity index (χ0) is 9.26. The average molecular weight is 179 g/mol. The van der Waals surface area contributed by atoms with Gasteiger partial charge in [0, 0.05) is 19.4 Å². The number of likely N-dealkylation sites (N-methyl/N-ethyl adjacent to an activating group) is 1. The molecule has 0 bridgehead atoms. The van der Waals surface area contributed by atoms with Gasteiger partial charge in [0.05, 0.1) is 12.3 Å². The quantitative estimate of drug-likeness (QED) is 0.681. The zero-order valence-corrected chi connectivity index (χ0v) is 7.69. The van der Waals surface area contributed by atoms with E-state index in [1.54, 1.807) is 6.26 Å². The van der Waals surface area contributed by atoms with Crippen LogP contribution in [0.2, 0.25) is 0 Å². The standard InChI is InChI=1S/C10H13NO2/c1-11-5-4-10(12)9(11)7-8-3-2-6-13-8/h2-3,6,9H,4-5,7H2,1H3. The molecule has 0 amide bonds. The fraction of sp³-hybridized carbons (Fsp3) is 0.500. The van der Waals surface area contributed by atoms with Gasteiger partial charge in [-0.15, -0.1) is 0 Å². The molecule has 13 heavy (non-hydrogen) atoms. The molecule has 3 heteroatoms. The number of ketones is 1. The molecule has 0 spiro atoms. The Hall–Kier alpha value is -1.09. The van der Waals surface area contributed by atoms with Gasteiger partial charge in [-0.05, 0) is 19.2 Å². The molecule has 70 valence electrons. The summed E-state index contributed by atoms with van der Waals surface area (Å²) in [6, 6.07) is 3.81. The van der Waals surface area contributed by atoms with Gasteiger partial charge in [0.15, 0.2) is 5.78 Å². The van der Waals surface area contributed by atoms with E-state index in [0.717, 1.165) is 12.3 Å². The van der Waals surface area contributed by atoms with Crippen LogP contribution in [0.3, 0.4) is 0 Å². The Kier molecular flexibility index (Phi) is 2.19. The van der Waals surface area contributed by atoms with Crippen molar-refractivity contribution in [2.24, 2.45) is 0 Å². The van der Waals surface area contributed by atoms with E-state index >= 15 is 0 Å². The van der Waals surface area contributed by atoms with Crippen molar-refractivity contribution >= 4 is 5.78 Å². The molecule has 2 heterocycles. The van der Waals surface area contributed by atoms with E-state index in [2.05, 4.69) is 4.90 Å². The van der Waals surface area contributed by atoms with Crippen LogP contribution in [0.15, 0.2) is 22.8 Å². The zero-order valence-electron chi connectivity index (χ0n) is 7.69. The van der Waals surface area contributed by atoms with Crippen molar-refractivity contribution in [2.75, 3.05) is 13.6 Å². The number of hydrogen-bond acceptors (Lipinski definition) is 3. The summed E-state index contributed by atoms with van der Waals surface area (Å²) in [6.07, 6.45) is 3.04. The largest absolute Gasteiger partial charge is 0.469 e. The third-order valence-electron chi connectivity index (χ3n) is 2.59. The smallest absolute Gasteiger partial charge is 0.151 e. The minimum absolute atomic E-state index is 0.0335. The molecule has 0 N–H and O–H groups in total. The second kappa shape index (κ2) is 3.34. The van der Waals surface area contributed by atoms with Gasteiger partial charge in [-0.1, -0.05) is 0 Å². The van der Waals surface area contributed by atoms with Gasteiger partial charge in [-0.25, -0.2) is 0 Å². The molecule has 0 radical (unpaired) electrons. The number of nitrogens with zero attached hydrogens (tertiary/aromatic N) is 1. The number of hydrogen-bond donors (Lipinski definition) is 0. The van der Waals surface area contributed by atoms with Crippen LogP contribution < -0.4 is 0 Å². The van der Waals surface area contributed by atoms with Gasteiger partial charge in [0.2, 0.25) is 0 Å². The molecular weight excluding hydrogens is 166 g/mol. The summed E-state index contributed by atoms with van der Waals surface area (Å²) in [5.74, 6) is 1.23. The van der Waals surface area contributed by atoms with E-state index in [1.807, 2.05) is 19.2 Å². The Bertz CT molecular complexity index is 292. The number of furan rings is 1. The Morgan fingerprint density at radius 2 is 2.54 bits per heavy atom. The van der Waals surface area contributed by atoms with Crippen LogP contribution in [0.5, 0.6) is 0 Å². The molecule has 1 aromatic rings. The molecule has 1 atom stereocenters.